The van der Waals surface area contributed by atoms with Crippen LogP contribution in [0.4, 0.5) is 5.69 Å². The fourth-order valence-electron chi connectivity index (χ4n) is 3.84. The standard InChI is InChI=1S/C29H24ClN3O7/c1-17(19-5-6-21-14-23(38-2)9-7-20(21)13-19)28(34)32-31-16-18-4-11-26(27(12-18)39-3)40-29(35)22-8-10-24(30)25(15-22)33(36)37/h4-17H,1-3H3,(H,32,34)/b31-16-/t17-/m1/s1. The van der Waals surface area contributed by atoms with E-state index in [0.717, 1.165) is 28.2 Å². The number of hydrogen-bond acceptors (Lipinski definition) is 8. The van der Waals surface area contributed by atoms with Crippen LogP contribution in [-0.2, 0) is 4.79 Å². The van der Waals surface area contributed by atoms with Gasteiger partial charge in [0.25, 0.3) is 5.69 Å². The number of rotatable bonds is 9. The SMILES string of the molecule is COc1ccc2cc([C@@H](C)C(=O)N/N=C\c3ccc(OC(=O)c4ccc(Cl)c([N+](=O)[O-])c4)c(OC)c3)ccc2c1. The molecule has 0 unspecified atom stereocenters. The van der Waals surface area contributed by atoms with Crippen LogP contribution in [0.1, 0.15) is 34.3 Å². The summed E-state index contributed by atoms with van der Waals surface area (Å²) in [4.78, 5) is 35.7. The first-order chi connectivity index (χ1) is 19.2. The highest BCUT2D eigenvalue weighted by Gasteiger charge is 2.19. The Kier molecular flexibility index (Phi) is 8.60. The van der Waals surface area contributed by atoms with E-state index in [2.05, 4.69) is 10.5 Å². The van der Waals surface area contributed by atoms with E-state index in [1.807, 2.05) is 36.4 Å². The van der Waals surface area contributed by atoms with Gasteiger partial charge >= 0.3 is 5.97 Å². The van der Waals surface area contributed by atoms with Crippen LogP contribution in [0.15, 0.2) is 77.9 Å². The summed E-state index contributed by atoms with van der Waals surface area (Å²) in [5.74, 6) is -0.506. The van der Waals surface area contributed by atoms with E-state index in [4.69, 9.17) is 25.8 Å². The topological polar surface area (TPSA) is 129 Å². The third kappa shape index (κ3) is 6.36. The van der Waals surface area contributed by atoms with E-state index in [0.29, 0.717) is 5.56 Å². The van der Waals surface area contributed by atoms with Gasteiger partial charge in [0.1, 0.15) is 10.8 Å². The van der Waals surface area contributed by atoms with Gasteiger partial charge in [0.05, 0.1) is 36.8 Å². The summed E-state index contributed by atoms with van der Waals surface area (Å²) < 4.78 is 15.9. The second kappa shape index (κ2) is 12.3. The molecular weight excluding hydrogens is 538 g/mol. The molecule has 0 spiro atoms. The van der Waals surface area contributed by atoms with Gasteiger partial charge in [0, 0.05) is 6.07 Å². The molecule has 1 N–H and O–H groups in total. The first kappa shape index (κ1) is 28.1. The Morgan fingerprint density at radius 3 is 2.42 bits per heavy atom. The average Bonchev–Trinajstić information content (AvgIpc) is 2.96. The number of esters is 1. The van der Waals surface area contributed by atoms with Crippen molar-refractivity contribution < 1.29 is 28.7 Å². The predicted molar refractivity (Wildman–Crippen MR) is 151 cm³/mol. The highest BCUT2D eigenvalue weighted by Crippen LogP contribution is 2.30. The van der Waals surface area contributed by atoms with Crippen LogP contribution in [0.3, 0.4) is 0 Å². The minimum Gasteiger partial charge on any atom is -0.497 e. The summed E-state index contributed by atoms with van der Waals surface area (Å²) in [6.45, 7) is 1.79. The van der Waals surface area contributed by atoms with E-state index >= 15 is 0 Å². The van der Waals surface area contributed by atoms with Gasteiger partial charge in [0.2, 0.25) is 5.91 Å². The van der Waals surface area contributed by atoms with Crippen molar-refractivity contribution in [2.45, 2.75) is 12.8 Å². The molecule has 10 nitrogen and oxygen atoms in total. The third-order valence-corrected chi connectivity index (χ3v) is 6.44. The van der Waals surface area contributed by atoms with Crippen LogP contribution in [0.25, 0.3) is 10.8 Å². The molecule has 4 aromatic rings. The first-order valence-electron chi connectivity index (χ1n) is 11.9. The number of nitrogens with one attached hydrogen (secondary N) is 1. The molecule has 0 aromatic heterocycles. The fraction of sp³-hybridized carbons (Fsp3) is 0.138. The van der Waals surface area contributed by atoms with E-state index in [9.17, 15) is 19.7 Å². The van der Waals surface area contributed by atoms with E-state index in [-0.39, 0.29) is 28.0 Å². The van der Waals surface area contributed by atoms with Crippen molar-refractivity contribution in [2.75, 3.05) is 14.2 Å². The van der Waals surface area contributed by atoms with Gasteiger partial charge in [-0.3, -0.25) is 14.9 Å². The first-order valence-corrected chi connectivity index (χ1v) is 12.3. The second-order valence-electron chi connectivity index (χ2n) is 8.65. The third-order valence-electron chi connectivity index (χ3n) is 6.12. The quantitative estimate of drug-likeness (QED) is 0.0886. The number of carbonyl (C=O) groups is 2. The summed E-state index contributed by atoms with van der Waals surface area (Å²) in [6.07, 6.45) is 1.42. The Morgan fingerprint density at radius 2 is 1.70 bits per heavy atom. The van der Waals surface area contributed by atoms with Gasteiger partial charge in [-0.2, -0.15) is 5.10 Å². The number of amides is 1. The molecule has 1 atom stereocenters. The zero-order chi connectivity index (χ0) is 28.8. The summed E-state index contributed by atoms with van der Waals surface area (Å²) >= 11 is 5.80. The smallest absolute Gasteiger partial charge is 0.343 e. The van der Waals surface area contributed by atoms with Gasteiger partial charge in [-0.25, -0.2) is 10.2 Å². The minimum absolute atomic E-state index is 0.0493. The van der Waals surface area contributed by atoms with Gasteiger partial charge in [-0.15, -0.1) is 0 Å². The molecular formula is C29H24ClN3O7. The molecule has 40 heavy (non-hydrogen) atoms. The molecule has 4 aromatic carbocycles. The maximum absolute atomic E-state index is 12.7. The number of nitrogens with zero attached hydrogens (tertiary/aromatic N) is 2. The normalized spacial score (nSPS) is 11.7. The number of nitro groups is 1. The van der Waals surface area contributed by atoms with Gasteiger partial charge in [-0.1, -0.05) is 35.9 Å². The Bertz CT molecular complexity index is 1640. The van der Waals surface area contributed by atoms with E-state index in [1.54, 1.807) is 26.2 Å². The molecule has 0 aliphatic heterocycles. The molecule has 1 amide bonds. The lowest BCUT2D eigenvalue weighted by atomic mass is 9.97. The lowest BCUT2D eigenvalue weighted by Gasteiger charge is -2.12. The van der Waals surface area contributed by atoms with Crippen molar-refractivity contribution in [3.05, 3.63) is 105 Å². The molecule has 11 heteroatoms. The van der Waals surface area contributed by atoms with Crippen molar-refractivity contribution in [1.82, 2.24) is 5.43 Å². The second-order valence-corrected chi connectivity index (χ2v) is 9.06. The number of hydrazone groups is 1. The molecule has 0 saturated carbocycles. The average molecular weight is 562 g/mol. The monoisotopic (exact) mass is 561 g/mol. The van der Waals surface area contributed by atoms with Crippen molar-refractivity contribution in [2.24, 2.45) is 5.10 Å². The Morgan fingerprint density at radius 1 is 0.950 bits per heavy atom. The summed E-state index contributed by atoms with van der Waals surface area (Å²) in [6, 6.07) is 19.8. The highest BCUT2D eigenvalue weighted by atomic mass is 35.5. The van der Waals surface area contributed by atoms with Crippen molar-refractivity contribution >= 4 is 46.2 Å². The summed E-state index contributed by atoms with van der Waals surface area (Å²) in [5.41, 5.74) is 3.48. The van der Waals surface area contributed by atoms with E-state index in [1.165, 1.54) is 31.5 Å². The van der Waals surface area contributed by atoms with E-state index < -0.39 is 22.5 Å². The van der Waals surface area contributed by atoms with Gasteiger partial charge < -0.3 is 14.2 Å². The number of methoxy groups -OCH3 is 2. The number of hydrogen-bond donors (Lipinski definition) is 1. The van der Waals surface area contributed by atoms with Crippen LogP contribution >= 0.6 is 11.6 Å². The maximum atomic E-state index is 12.7. The van der Waals surface area contributed by atoms with Crippen LogP contribution in [0.5, 0.6) is 17.2 Å². The number of halogens is 1. The molecule has 0 aliphatic rings. The largest absolute Gasteiger partial charge is 0.497 e. The zero-order valence-corrected chi connectivity index (χ0v) is 22.5. The molecule has 4 rings (SSSR count). The van der Waals surface area contributed by atoms with Gasteiger partial charge in [0.15, 0.2) is 11.5 Å². The summed E-state index contributed by atoms with van der Waals surface area (Å²) in [7, 11) is 3.01. The number of carbonyl (C=O) groups excluding carboxylic acids is 2. The van der Waals surface area contributed by atoms with Gasteiger partial charge in [-0.05, 0) is 71.3 Å². The molecule has 0 heterocycles. The van der Waals surface area contributed by atoms with Crippen LogP contribution in [0.2, 0.25) is 5.02 Å². The summed E-state index contributed by atoms with van der Waals surface area (Å²) in [5, 5.41) is 17.0. The maximum Gasteiger partial charge on any atom is 0.343 e. The van der Waals surface area contributed by atoms with Crippen LogP contribution < -0.4 is 19.6 Å². The highest BCUT2D eigenvalue weighted by molar-refractivity contribution is 6.32. The number of fused-ring (bicyclic) bond motifs is 1. The Labute approximate surface area is 234 Å². The fourth-order valence-corrected chi connectivity index (χ4v) is 4.03. The molecule has 0 aliphatic carbocycles. The van der Waals surface area contributed by atoms with Crippen molar-refractivity contribution in [3.8, 4) is 17.2 Å². The molecule has 0 bridgehead atoms. The molecule has 0 saturated heterocycles. The van der Waals surface area contributed by atoms with Crippen molar-refractivity contribution in [3.63, 3.8) is 0 Å². The number of benzene rings is 4. The van der Waals surface area contributed by atoms with Crippen molar-refractivity contribution in [1.29, 1.82) is 0 Å². The molecule has 0 radical (unpaired) electrons. The lowest BCUT2D eigenvalue weighted by Crippen LogP contribution is -2.23. The predicted octanol–water partition coefficient (Wildman–Crippen LogP) is 5.89. The lowest BCUT2D eigenvalue weighted by molar-refractivity contribution is -0.384. The molecule has 0 fully saturated rings. The van der Waals surface area contributed by atoms with Crippen LogP contribution in [0, 0.1) is 10.1 Å². The molecule has 204 valence electrons. The number of nitro benzene ring substituents is 1. The van der Waals surface area contributed by atoms with Crippen LogP contribution in [-0.4, -0.2) is 37.2 Å². The Hall–Kier alpha value is -4.96. The Balaban J connectivity index is 1.41. The minimum atomic E-state index is -0.825. The number of ether oxygens (including phenoxy) is 3. The zero-order valence-electron chi connectivity index (χ0n) is 21.7.